The van der Waals surface area contributed by atoms with Gasteiger partial charge in [-0.2, -0.15) is 0 Å². The van der Waals surface area contributed by atoms with Crippen LogP contribution in [-0.2, 0) is 9.53 Å². The van der Waals surface area contributed by atoms with Gasteiger partial charge in [-0.15, -0.1) is 0 Å². The maximum Gasteiger partial charge on any atom is 0.349 e. The molecule has 0 aromatic heterocycles. The molecule has 0 aliphatic rings. The Morgan fingerprint density at radius 2 is 2.25 bits per heavy atom. The summed E-state index contributed by atoms with van der Waals surface area (Å²) in [5, 5.41) is 10.6. The zero-order valence-corrected chi connectivity index (χ0v) is 9.14. The lowest BCUT2D eigenvalue weighted by Gasteiger charge is -1.96. The van der Waals surface area contributed by atoms with Crippen molar-refractivity contribution in [1.29, 1.82) is 0 Å². The van der Waals surface area contributed by atoms with Crippen molar-refractivity contribution in [2.75, 3.05) is 7.11 Å². The molecule has 0 atom stereocenters. The number of hydrogen-bond donors (Lipinski definition) is 0. The summed E-state index contributed by atoms with van der Waals surface area (Å²) in [4.78, 5) is 21.2. The number of carbonyl (C=O) groups excluding carboxylic acids is 1. The number of ether oxygens (including phenoxy) is 1. The number of nitrogens with zero attached hydrogens (tertiary/aromatic N) is 2. The molecule has 0 radical (unpaired) electrons. The number of esters is 1. The van der Waals surface area contributed by atoms with E-state index in [1.807, 2.05) is 0 Å². The van der Waals surface area contributed by atoms with Crippen LogP contribution in [0.1, 0.15) is 0 Å². The Labute approximate surface area is 95.6 Å². The van der Waals surface area contributed by atoms with Crippen molar-refractivity contribution in [3.63, 3.8) is 0 Å². The van der Waals surface area contributed by atoms with Crippen molar-refractivity contribution in [3.05, 3.63) is 34.4 Å². The SMILES string of the molecule is COC(=O)/C=N/Sc1ccccc1[N+](=O)[O-]. The highest BCUT2D eigenvalue weighted by Gasteiger charge is 2.12. The average Bonchev–Trinajstić information content (AvgIpc) is 2.29. The van der Waals surface area contributed by atoms with Crippen LogP contribution >= 0.6 is 11.9 Å². The van der Waals surface area contributed by atoms with Gasteiger partial charge in [-0.1, -0.05) is 12.1 Å². The number of nitro groups is 1. The quantitative estimate of drug-likeness (QED) is 0.264. The van der Waals surface area contributed by atoms with Gasteiger partial charge in [-0.25, -0.2) is 9.19 Å². The molecule has 0 fully saturated rings. The van der Waals surface area contributed by atoms with E-state index in [1.54, 1.807) is 18.2 Å². The molecule has 0 aliphatic heterocycles. The molecule has 0 heterocycles. The molecule has 0 saturated heterocycles. The lowest BCUT2D eigenvalue weighted by molar-refractivity contribution is -0.387. The number of carbonyl (C=O) groups is 1. The predicted octanol–water partition coefficient (Wildman–Crippen LogP) is 1.85. The Morgan fingerprint density at radius 3 is 2.88 bits per heavy atom. The third-order valence-corrected chi connectivity index (χ3v) is 2.33. The second-order valence-electron chi connectivity index (χ2n) is 2.57. The Bertz CT molecular complexity index is 433. The predicted molar refractivity (Wildman–Crippen MR) is 59.5 cm³/mol. The van der Waals surface area contributed by atoms with Gasteiger partial charge in [0.1, 0.15) is 11.1 Å². The third-order valence-electron chi connectivity index (χ3n) is 1.57. The van der Waals surface area contributed by atoms with E-state index in [1.165, 1.54) is 13.2 Å². The molecule has 0 unspecified atom stereocenters. The lowest BCUT2D eigenvalue weighted by Crippen LogP contribution is -1.99. The van der Waals surface area contributed by atoms with Gasteiger partial charge in [0, 0.05) is 18.0 Å². The number of rotatable bonds is 4. The minimum atomic E-state index is -0.605. The van der Waals surface area contributed by atoms with Crippen LogP contribution in [0.5, 0.6) is 0 Å². The standard InChI is InChI=1S/C9H8N2O4S/c1-15-9(12)6-10-16-8-5-3-2-4-7(8)11(13)14/h2-6H,1H3/b10-6+. The van der Waals surface area contributed by atoms with E-state index in [-0.39, 0.29) is 5.69 Å². The zero-order chi connectivity index (χ0) is 12.0. The second-order valence-corrected chi connectivity index (χ2v) is 3.41. The summed E-state index contributed by atoms with van der Waals surface area (Å²) in [5.74, 6) is -0.605. The van der Waals surface area contributed by atoms with Crippen LogP contribution in [0, 0.1) is 10.1 Å². The van der Waals surface area contributed by atoms with E-state index in [4.69, 9.17) is 0 Å². The van der Waals surface area contributed by atoms with Gasteiger partial charge in [0.2, 0.25) is 0 Å². The molecule has 7 heteroatoms. The zero-order valence-electron chi connectivity index (χ0n) is 8.32. The summed E-state index contributed by atoms with van der Waals surface area (Å²) in [6.45, 7) is 0. The summed E-state index contributed by atoms with van der Waals surface area (Å²) in [7, 11) is 1.23. The van der Waals surface area contributed by atoms with Crippen molar-refractivity contribution in [2.24, 2.45) is 4.40 Å². The maximum absolute atomic E-state index is 10.7. The Morgan fingerprint density at radius 1 is 1.56 bits per heavy atom. The Kier molecular flexibility index (Phi) is 4.46. The van der Waals surface area contributed by atoms with Gasteiger partial charge < -0.3 is 4.74 Å². The highest BCUT2D eigenvalue weighted by atomic mass is 32.2. The van der Waals surface area contributed by atoms with E-state index < -0.39 is 10.9 Å². The van der Waals surface area contributed by atoms with Gasteiger partial charge in [-0.05, 0) is 6.07 Å². The molecule has 1 rings (SSSR count). The maximum atomic E-state index is 10.7. The number of para-hydroxylation sites is 1. The molecule has 84 valence electrons. The largest absolute Gasteiger partial charge is 0.465 e. The number of hydrogen-bond acceptors (Lipinski definition) is 6. The van der Waals surface area contributed by atoms with Gasteiger partial charge in [0.05, 0.1) is 12.0 Å². The number of methoxy groups -OCH3 is 1. The molecule has 1 aromatic rings. The monoisotopic (exact) mass is 240 g/mol. The summed E-state index contributed by atoms with van der Waals surface area (Å²) in [5.41, 5.74) is -0.0467. The fraction of sp³-hybridized carbons (Fsp3) is 0.111. The smallest absolute Gasteiger partial charge is 0.349 e. The third kappa shape index (κ3) is 3.35. The molecule has 0 aliphatic carbocycles. The first-order chi connectivity index (χ1) is 7.65. The first-order valence-electron chi connectivity index (χ1n) is 4.17. The lowest BCUT2D eigenvalue weighted by atomic mass is 10.3. The summed E-state index contributed by atoms with van der Waals surface area (Å²) in [6, 6.07) is 6.14. The van der Waals surface area contributed by atoms with Crippen molar-refractivity contribution >= 4 is 29.8 Å². The fourth-order valence-electron chi connectivity index (χ4n) is 0.864. The van der Waals surface area contributed by atoms with Crippen molar-refractivity contribution in [3.8, 4) is 0 Å². The van der Waals surface area contributed by atoms with E-state index in [9.17, 15) is 14.9 Å². The van der Waals surface area contributed by atoms with Crippen LogP contribution < -0.4 is 0 Å². The Balaban J connectivity index is 2.77. The average molecular weight is 240 g/mol. The van der Waals surface area contributed by atoms with Crippen LogP contribution in [0.4, 0.5) is 5.69 Å². The molecule has 0 spiro atoms. The normalized spacial score (nSPS) is 10.3. The Hall–Kier alpha value is -1.89. The minimum absolute atomic E-state index is 0.0467. The van der Waals surface area contributed by atoms with Crippen LogP contribution in [0.2, 0.25) is 0 Å². The molecule has 0 amide bonds. The molecular weight excluding hydrogens is 232 g/mol. The molecule has 6 nitrogen and oxygen atoms in total. The number of nitro benzene ring substituents is 1. The molecular formula is C9H8N2O4S. The van der Waals surface area contributed by atoms with E-state index in [2.05, 4.69) is 9.13 Å². The molecule has 0 N–H and O–H groups in total. The first kappa shape index (κ1) is 12.2. The molecule has 16 heavy (non-hydrogen) atoms. The topological polar surface area (TPSA) is 81.8 Å². The summed E-state index contributed by atoms with van der Waals surface area (Å²) < 4.78 is 8.00. The van der Waals surface area contributed by atoms with Crippen LogP contribution in [0.3, 0.4) is 0 Å². The van der Waals surface area contributed by atoms with Crippen molar-refractivity contribution in [1.82, 2.24) is 0 Å². The van der Waals surface area contributed by atoms with E-state index in [0.29, 0.717) is 4.90 Å². The molecule has 1 aromatic carbocycles. The minimum Gasteiger partial charge on any atom is -0.465 e. The van der Waals surface area contributed by atoms with Crippen molar-refractivity contribution < 1.29 is 14.5 Å². The van der Waals surface area contributed by atoms with E-state index >= 15 is 0 Å². The van der Waals surface area contributed by atoms with Gasteiger partial charge in [-0.3, -0.25) is 10.1 Å². The number of benzene rings is 1. The second kappa shape index (κ2) is 5.86. The first-order valence-corrected chi connectivity index (χ1v) is 4.94. The van der Waals surface area contributed by atoms with Crippen LogP contribution in [0.15, 0.2) is 33.6 Å². The highest BCUT2D eigenvalue weighted by Crippen LogP contribution is 2.28. The van der Waals surface area contributed by atoms with Gasteiger partial charge in [0.15, 0.2) is 0 Å². The fourth-order valence-corrected chi connectivity index (χ4v) is 1.49. The van der Waals surface area contributed by atoms with Gasteiger partial charge in [0.25, 0.3) is 5.69 Å². The summed E-state index contributed by atoms with van der Waals surface area (Å²) >= 11 is 0.846. The van der Waals surface area contributed by atoms with Crippen molar-refractivity contribution in [2.45, 2.75) is 4.90 Å². The van der Waals surface area contributed by atoms with Crippen LogP contribution in [0.25, 0.3) is 0 Å². The highest BCUT2D eigenvalue weighted by molar-refractivity contribution is 7.98. The van der Waals surface area contributed by atoms with Crippen LogP contribution in [-0.4, -0.2) is 24.2 Å². The summed E-state index contributed by atoms with van der Waals surface area (Å²) in [6.07, 6.45) is 0.960. The van der Waals surface area contributed by atoms with E-state index in [0.717, 1.165) is 18.2 Å². The van der Waals surface area contributed by atoms with Gasteiger partial charge >= 0.3 is 5.97 Å². The molecule has 0 saturated carbocycles. The molecule has 0 bridgehead atoms.